The molecule has 0 unspecified atom stereocenters. The Morgan fingerprint density at radius 3 is 2.56 bits per heavy atom. The van der Waals surface area contributed by atoms with Crippen LogP contribution in [0.2, 0.25) is 0 Å². The molecule has 1 aliphatic heterocycles. The van der Waals surface area contributed by atoms with Crippen LogP contribution in [0.4, 0.5) is 10.5 Å². The zero-order chi connectivity index (χ0) is 11.5. The third kappa shape index (κ3) is 1.88. The summed E-state index contributed by atoms with van der Waals surface area (Å²) in [6, 6.07) is 3.48. The highest BCUT2D eigenvalue weighted by atomic mass is 16.5. The first-order valence-electron chi connectivity index (χ1n) is 5.04. The summed E-state index contributed by atoms with van der Waals surface area (Å²) in [5, 5.41) is 5.50. The predicted octanol–water partition coefficient (Wildman–Crippen LogP) is 1.38. The molecule has 5 heteroatoms. The van der Waals surface area contributed by atoms with Crippen LogP contribution in [0.15, 0.2) is 12.1 Å². The van der Waals surface area contributed by atoms with Gasteiger partial charge >= 0.3 is 6.03 Å². The molecule has 1 aromatic rings. The molecule has 1 aliphatic rings. The van der Waals surface area contributed by atoms with E-state index in [0.717, 1.165) is 17.7 Å². The Balaban J connectivity index is 2.44. The fourth-order valence-electron chi connectivity index (χ4n) is 1.72. The largest absolute Gasteiger partial charge is 0.493 e. The molecular formula is C11H14N2O3. The summed E-state index contributed by atoms with van der Waals surface area (Å²) in [5.74, 6) is 1.29. The first-order chi connectivity index (χ1) is 7.74. The molecule has 0 aromatic heterocycles. The minimum absolute atomic E-state index is 0.189. The summed E-state index contributed by atoms with van der Waals surface area (Å²) in [6.07, 6.45) is 0.772. The molecule has 1 heterocycles. The van der Waals surface area contributed by atoms with Gasteiger partial charge in [0.15, 0.2) is 11.5 Å². The molecule has 0 aliphatic carbocycles. The number of hydrogen-bond acceptors (Lipinski definition) is 3. The number of rotatable bonds is 2. The van der Waals surface area contributed by atoms with Crippen LogP contribution < -0.4 is 20.1 Å². The average Bonchev–Trinajstić information content (AvgIpc) is 2.47. The number of carbonyl (C=O) groups is 1. The second-order valence-corrected chi connectivity index (χ2v) is 3.50. The predicted molar refractivity (Wildman–Crippen MR) is 60.3 cm³/mol. The van der Waals surface area contributed by atoms with E-state index < -0.39 is 0 Å². The van der Waals surface area contributed by atoms with Crippen LogP contribution in [0.25, 0.3) is 0 Å². The van der Waals surface area contributed by atoms with E-state index in [1.54, 1.807) is 20.3 Å². The molecule has 86 valence electrons. The van der Waals surface area contributed by atoms with E-state index in [0.29, 0.717) is 18.0 Å². The van der Waals surface area contributed by atoms with Crippen LogP contribution >= 0.6 is 0 Å². The number of ether oxygens (including phenoxy) is 2. The van der Waals surface area contributed by atoms with Crippen molar-refractivity contribution in [2.24, 2.45) is 0 Å². The summed E-state index contributed by atoms with van der Waals surface area (Å²) in [5.41, 5.74) is 1.81. The van der Waals surface area contributed by atoms with Crippen LogP contribution in [-0.2, 0) is 6.42 Å². The number of hydrogen-bond donors (Lipinski definition) is 2. The maximum absolute atomic E-state index is 11.3. The van der Waals surface area contributed by atoms with Crippen molar-refractivity contribution >= 4 is 11.7 Å². The van der Waals surface area contributed by atoms with Gasteiger partial charge in [-0.1, -0.05) is 0 Å². The van der Waals surface area contributed by atoms with Gasteiger partial charge in [0.05, 0.1) is 14.2 Å². The van der Waals surface area contributed by atoms with Crippen molar-refractivity contribution in [1.29, 1.82) is 0 Å². The Bertz CT molecular complexity index is 418. The Labute approximate surface area is 93.7 Å². The molecule has 2 N–H and O–H groups in total. The average molecular weight is 222 g/mol. The van der Waals surface area contributed by atoms with E-state index in [1.807, 2.05) is 6.07 Å². The lowest BCUT2D eigenvalue weighted by Crippen LogP contribution is -2.27. The number of methoxy groups -OCH3 is 2. The topological polar surface area (TPSA) is 59.6 Å². The summed E-state index contributed by atoms with van der Waals surface area (Å²) in [4.78, 5) is 11.3. The summed E-state index contributed by atoms with van der Waals surface area (Å²) < 4.78 is 10.4. The first kappa shape index (κ1) is 10.6. The van der Waals surface area contributed by atoms with Crippen LogP contribution in [0.3, 0.4) is 0 Å². The van der Waals surface area contributed by atoms with Gasteiger partial charge in [-0.05, 0) is 18.1 Å². The molecule has 0 fully saturated rings. The van der Waals surface area contributed by atoms with E-state index in [1.165, 1.54) is 0 Å². The van der Waals surface area contributed by atoms with Gasteiger partial charge in [0, 0.05) is 18.3 Å². The molecule has 5 nitrogen and oxygen atoms in total. The maximum atomic E-state index is 11.3. The van der Waals surface area contributed by atoms with E-state index in [-0.39, 0.29) is 6.03 Å². The fourth-order valence-corrected chi connectivity index (χ4v) is 1.72. The molecule has 0 saturated heterocycles. The Kier molecular flexibility index (Phi) is 2.85. The van der Waals surface area contributed by atoms with Crippen LogP contribution in [-0.4, -0.2) is 26.8 Å². The molecule has 0 saturated carbocycles. The second-order valence-electron chi connectivity index (χ2n) is 3.50. The van der Waals surface area contributed by atoms with Crippen LogP contribution in [0, 0.1) is 0 Å². The van der Waals surface area contributed by atoms with E-state index in [2.05, 4.69) is 10.6 Å². The standard InChI is InChI=1S/C11H14N2O3/c1-15-9-5-7-3-4-12-11(14)13-8(7)6-10(9)16-2/h5-6H,3-4H2,1-2H3,(H2,12,13,14). The third-order valence-corrected chi connectivity index (χ3v) is 2.54. The lowest BCUT2D eigenvalue weighted by atomic mass is 10.1. The van der Waals surface area contributed by atoms with Gasteiger partial charge in [0.1, 0.15) is 0 Å². The van der Waals surface area contributed by atoms with Gasteiger partial charge in [-0.25, -0.2) is 4.79 Å². The second kappa shape index (κ2) is 4.30. The summed E-state index contributed by atoms with van der Waals surface area (Å²) in [7, 11) is 3.17. The Morgan fingerprint density at radius 1 is 1.19 bits per heavy atom. The van der Waals surface area contributed by atoms with Crippen molar-refractivity contribution in [3.05, 3.63) is 17.7 Å². The number of nitrogens with one attached hydrogen (secondary N) is 2. The molecule has 0 atom stereocenters. The lowest BCUT2D eigenvalue weighted by Gasteiger charge is -2.12. The summed E-state index contributed by atoms with van der Waals surface area (Å²) >= 11 is 0. The minimum atomic E-state index is -0.189. The monoisotopic (exact) mass is 222 g/mol. The molecule has 0 spiro atoms. The highest BCUT2D eigenvalue weighted by Gasteiger charge is 2.15. The maximum Gasteiger partial charge on any atom is 0.319 e. The molecule has 1 aromatic carbocycles. The van der Waals surface area contributed by atoms with Crippen molar-refractivity contribution in [2.45, 2.75) is 6.42 Å². The number of urea groups is 1. The quantitative estimate of drug-likeness (QED) is 0.794. The van der Waals surface area contributed by atoms with E-state index in [9.17, 15) is 4.79 Å². The number of carbonyl (C=O) groups excluding carboxylic acids is 1. The number of anilines is 1. The SMILES string of the molecule is COc1cc2c(cc1OC)NC(=O)NCC2. The van der Waals surface area contributed by atoms with Crippen molar-refractivity contribution in [3.63, 3.8) is 0 Å². The van der Waals surface area contributed by atoms with Crippen molar-refractivity contribution in [2.75, 3.05) is 26.1 Å². The molecular weight excluding hydrogens is 208 g/mol. The van der Waals surface area contributed by atoms with Gasteiger partial charge < -0.3 is 20.1 Å². The fraction of sp³-hybridized carbons (Fsp3) is 0.364. The smallest absolute Gasteiger partial charge is 0.319 e. The van der Waals surface area contributed by atoms with Gasteiger partial charge in [0.25, 0.3) is 0 Å². The highest BCUT2D eigenvalue weighted by molar-refractivity contribution is 5.91. The molecule has 0 radical (unpaired) electrons. The normalized spacial score (nSPS) is 14.2. The molecule has 2 amide bonds. The Morgan fingerprint density at radius 2 is 1.88 bits per heavy atom. The van der Waals surface area contributed by atoms with Crippen LogP contribution in [0.5, 0.6) is 11.5 Å². The molecule has 2 rings (SSSR count). The number of amides is 2. The number of benzene rings is 1. The zero-order valence-electron chi connectivity index (χ0n) is 9.29. The van der Waals surface area contributed by atoms with Crippen molar-refractivity contribution in [1.82, 2.24) is 5.32 Å². The Hall–Kier alpha value is -1.91. The summed E-state index contributed by atoms with van der Waals surface area (Å²) in [6.45, 7) is 0.619. The third-order valence-electron chi connectivity index (χ3n) is 2.54. The van der Waals surface area contributed by atoms with Crippen molar-refractivity contribution in [3.8, 4) is 11.5 Å². The highest BCUT2D eigenvalue weighted by Crippen LogP contribution is 2.33. The molecule has 0 bridgehead atoms. The number of fused-ring (bicyclic) bond motifs is 1. The minimum Gasteiger partial charge on any atom is -0.493 e. The molecule has 16 heavy (non-hydrogen) atoms. The first-order valence-corrected chi connectivity index (χ1v) is 5.04. The van der Waals surface area contributed by atoms with E-state index >= 15 is 0 Å². The van der Waals surface area contributed by atoms with E-state index in [4.69, 9.17) is 9.47 Å². The lowest BCUT2D eigenvalue weighted by molar-refractivity contribution is 0.252. The van der Waals surface area contributed by atoms with Gasteiger partial charge in [0.2, 0.25) is 0 Å². The van der Waals surface area contributed by atoms with Crippen LogP contribution in [0.1, 0.15) is 5.56 Å². The zero-order valence-corrected chi connectivity index (χ0v) is 9.29. The van der Waals surface area contributed by atoms with Gasteiger partial charge in [-0.15, -0.1) is 0 Å². The van der Waals surface area contributed by atoms with Gasteiger partial charge in [-0.2, -0.15) is 0 Å². The van der Waals surface area contributed by atoms with Gasteiger partial charge in [-0.3, -0.25) is 0 Å². The van der Waals surface area contributed by atoms with Crippen molar-refractivity contribution < 1.29 is 14.3 Å².